The molecule has 24 heavy (non-hydrogen) atoms. The molecule has 0 aliphatic rings. The summed E-state index contributed by atoms with van der Waals surface area (Å²) in [6.45, 7) is 0.362. The minimum atomic E-state index is -0.305. The van der Waals surface area contributed by atoms with Gasteiger partial charge in [0.05, 0.1) is 22.2 Å². The van der Waals surface area contributed by atoms with Crippen LogP contribution in [0.1, 0.15) is 5.56 Å². The number of para-hydroxylation sites is 1. The van der Waals surface area contributed by atoms with Gasteiger partial charge in [-0.2, -0.15) is 5.26 Å². The van der Waals surface area contributed by atoms with Gasteiger partial charge in [-0.3, -0.25) is 9.20 Å². The summed E-state index contributed by atoms with van der Waals surface area (Å²) in [6.07, 6.45) is 0. The molecule has 0 aliphatic carbocycles. The summed E-state index contributed by atoms with van der Waals surface area (Å²) in [4.78, 5) is 17.8. The third-order valence-corrected chi connectivity index (χ3v) is 4.96. The Morgan fingerprint density at radius 1 is 1.29 bits per heavy atom. The molecule has 0 atom stereocenters. The van der Waals surface area contributed by atoms with Gasteiger partial charge in [0.1, 0.15) is 22.3 Å². The highest BCUT2D eigenvalue weighted by Gasteiger charge is 2.17. The SMILES string of the molecule is N#Cc1c(=O)c2ccc(NCCO)nc2n2c1sc1ccccc12. The Labute approximate surface area is 140 Å². The predicted octanol–water partition coefficient (Wildman–Crippen LogP) is 2.34. The predicted molar refractivity (Wildman–Crippen MR) is 94.6 cm³/mol. The number of rotatable bonds is 3. The minimum Gasteiger partial charge on any atom is -0.395 e. The van der Waals surface area contributed by atoms with E-state index in [0.717, 1.165) is 10.2 Å². The Morgan fingerprint density at radius 3 is 2.92 bits per heavy atom. The van der Waals surface area contributed by atoms with Gasteiger partial charge in [-0.15, -0.1) is 11.3 Å². The molecule has 0 amide bonds. The Kier molecular flexibility index (Phi) is 3.41. The van der Waals surface area contributed by atoms with Crippen LogP contribution in [0.2, 0.25) is 0 Å². The number of nitrogens with zero attached hydrogens (tertiary/aromatic N) is 3. The fourth-order valence-electron chi connectivity index (χ4n) is 2.77. The number of anilines is 1. The van der Waals surface area contributed by atoms with Crippen molar-refractivity contribution in [3.8, 4) is 6.07 Å². The fraction of sp³-hybridized carbons (Fsp3) is 0.118. The zero-order valence-electron chi connectivity index (χ0n) is 12.5. The molecule has 0 fully saturated rings. The van der Waals surface area contributed by atoms with Gasteiger partial charge in [0, 0.05) is 6.54 Å². The van der Waals surface area contributed by atoms with Crippen molar-refractivity contribution in [2.24, 2.45) is 0 Å². The van der Waals surface area contributed by atoms with E-state index < -0.39 is 0 Å². The summed E-state index contributed by atoms with van der Waals surface area (Å²) in [5.74, 6) is 0.574. The molecule has 1 aromatic carbocycles. The second-order valence-electron chi connectivity index (χ2n) is 5.24. The molecular weight excluding hydrogens is 324 g/mol. The quantitative estimate of drug-likeness (QED) is 0.599. The van der Waals surface area contributed by atoms with Crippen LogP contribution >= 0.6 is 11.3 Å². The lowest BCUT2D eigenvalue weighted by Crippen LogP contribution is -2.12. The number of benzene rings is 1. The first-order valence-electron chi connectivity index (χ1n) is 7.36. The average molecular weight is 336 g/mol. The van der Waals surface area contributed by atoms with Crippen molar-refractivity contribution in [3.63, 3.8) is 0 Å². The van der Waals surface area contributed by atoms with Crippen LogP contribution < -0.4 is 10.7 Å². The normalized spacial score (nSPS) is 11.2. The molecule has 0 radical (unpaired) electrons. The molecule has 3 aromatic heterocycles. The van der Waals surface area contributed by atoms with Crippen molar-refractivity contribution in [2.45, 2.75) is 0 Å². The molecule has 4 aromatic rings. The molecule has 7 heteroatoms. The molecule has 118 valence electrons. The van der Waals surface area contributed by atoms with Crippen molar-refractivity contribution < 1.29 is 5.11 Å². The van der Waals surface area contributed by atoms with Crippen LogP contribution in [-0.4, -0.2) is 27.6 Å². The topological polar surface area (TPSA) is 90.4 Å². The van der Waals surface area contributed by atoms with Crippen molar-refractivity contribution in [3.05, 3.63) is 52.2 Å². The third-order valence-electron chi connectivity index (χ3n) is 3.82. The number of hydrogen-bond donors (Lipinski definition) is 2. The van der Waals surface area contributed by atoms with E-state index in [2.05, 4.69) is 10.3 Å². The first-order valence-corrected chi connectivity index (χ1v) is 8.18. The van der Waals surface area contributed by atoms with Crippen molar-refractivity contribution in [1.82, 2.24) is 9.38 Å². The highest BCUT2D eigenvalue weighted by molar-refractivity contribution is 7.24. The first kappa shape index (κ1) is 14.6. The Morgan fingerprint density at radius 2 is 2.12 bits per heavy atom. The van der Waals surface area contributed by atoms with Crippen LogP contribution in [0.15, 0.2) is 41.2 Å². The van der Waals surface area contributed by atoms with E-state index in [4.69, 9.17) is 5.11 Å². The van der Waals surface area contributed by atoms with Gasteiger partial charge < -0.3 is 10.4 Å². The maximum Gasteiger partial charge on any atom is 0.210 e. The van der Waals surface area contributed by atoms with E-state index in [1.807, 2.05) is 34.7 Å². The van der Waals surface area contributed by atoms with Gasteiger partial charge in [-0.25, -0.2) is 4.98 Å². The molecule has 4 rings (SSSR count). The number of nitriles is 1. The lowest BCUT2D eigenvalue weighted by molar-refractivity contribution is 0.311. The van der Waals surface area contributed by atoms with Crippen LogP contribution in [-0.2, 0) is 0 Å². The molecule has 0 saturated heterocycles. The van der Waals surface area contributed by atoms with Crippen LogP contribution in [0, 0.1) is 11.3 Å². The Hall–Kier alpha value is -2.95. The van der Waals surface area contributed by atoms with Gasteiger partial charge in [0.25, 0.3) is 0 Å². The van der Waals surface area contributed by atoms with E-state index in [9.17, 15) is 10.1 Å². The molecule has 6 nitrogen and oxygen atoms in total. The van der Waals surface area contributed by atoms with Gasteiger partial charge in [-0.05, 0) is 24.3 Å². The number of aliphatic hydroxyl groups is 1. The Bertz CT molecular complexity index is 1190. The molecule has 3 heterocycles. The number of aromatic nitrogens is 2. The standard InChI is InChI=1S/C17H12N4O2S/c18-9-11-15(23)10-5-6-14(19-7-8-22)20-16(10)21-12-3-1-2-4-13(12)24-17(11)21/h1-6,22H,7-8H2,(H,19,20). The van der Waals surface area contributed by atoms with Gasteiger partial charge >= 0.3 is 0 Å². The summed E-state index contributed by atoms with van der Waals surface area (Å²) in [5.41, 5.74) is 1.25. The van der Waals surface area contributed by atoms with Crippen LogP contribution in [0.4, 0.5) is 5.82 Å². The Balaban J connectivity index is 2.20. The number of aliphatic hydroxyl groups excluding tert-OH is 1. The summed E-state index contributed by atoms with van der Waals surface area (Å²) >= 11 is 1.41. The zero-order chi connectivity index (χ0) is 16.7. The molecule has 0 aliphatic heterocycles. The minimum absolute atomic E-state index is 0.0101. The zero-order valence-corrected chi connectivity index (χ0v) is 13.3. The van der Waals surface area contributed by atoms with Gasteiger partial charge in [-0.1, -0.05) is 12.1 Å². The van der Waals surface area contributed by atoms with Gasteiger partial charge in [0.15, 0.2) is 5.65 Å². The summed E-state index contributed by atoms with van der Waals surface area (Å²) in [7, 11) is 0. The number of pyridine rings is 2. The van der Waals surface area contributed by atoms with Crippen molar-refractivity contribution in [1.29, 1.82) is 5.26 Å². The maximum atomic E-state index is 12.6. The summed E-state index contributed by atoms with van der Waals surface area (Å²) < 4.78 is 2.84. The summed E-state index contributed by atoms with van der Waals surface area (Å²) in [5, 5.41) is 21.8. The second kappa shape index (κ2) is 5.60. The van der Waals surface area contributed by atoms with E-state index in [1.54, 1.807) is 12.1 Å². The monoisotopic (exact) mass is 336 g/mol. The molecule has 0 bridgehead atoms. The second-order valence-corrected chi connectivity index (χ2v) is 6.27. The third kappa shape index (κ3) is 2.05. The highest BCUT2D eigenvalue weighted by atomic mass is 32.1. The smallest absolute Gasteiger partial charge is 0.210 e. The maximum absolute atomic E-state index is 12.6. The fourth-order valence-corrected chi connectivity index (χ4v) is 3.90. The number of hydrogen-bond acceptors (Lipinski definition) is 6. The van der Waals surface area contributed by atoms with E-state index in [-0.39, 0.29) is 17.6 Å². The average Bonchev–Trinajstić information content (AvgIpc) is 2.99. The van der Waals surface area contributed by atoms with Crippen molar-refractivity contribution >= 4 is 43.2 Å². The molecule has 0 saturated carbocycles. The lowest BCUT2D eigenvalue weighted by atomic mass is 10.2. The number of nitrogens with one attached hydrogen (secondary N) is 1. The van der Waals surface area contributed by atoms with E-state index in [1.165, 1.54) is 11.3 Å². The first-order chi connectivity index (χ1) is 11.7. The highest BCUT2D eigenvalue weighted by Crippen LogP contribution is 2.30. The van der Waals surface area contributed by atoms with E-state index >= 15 is 0 Å². The molecule has 0 unspecified atom stereocenters. The van der Waals surface area contributed by atoms with Crippen LogP contribution in [0.5, 0.6) is 0 Å². The van der Waals surface area contributed by atoms with Crippen molar-refractivity contribution in [2.75, 3.05) is 18.5 Å². The molecular formula is C17H12N4O2S. The molecule has 2 N–H and O–H groups in total. The van der Waals surface area contributed by atoms with Gasteiger partial charge in [0.2, 0.25) is 5.43 Å². The molecule has 0 spiro atoms. The van der Waals surface area contributed by atoms with E-state index in [0.29, 0.717) is 28.2 Å². The number of thiazole rings is 1. The summed E-state index contributed by atoms with van der Waals surface area (Å²) in [6, 6.07) is 13.1. The lowest BCUT2D eigenvalue weighted by Gasteiger charge is -2.07. The van der Waals surface area contributed by atoms with Crippen LogP contribution in [0.3, 0.4) is 0 Å². The van der Waals surface area contributed by atoms with Crippen LogP contribution in [0.25, 0.3) is 26.1 Å². The number of fused-ring (bicyclic) bond motifs is 5. The largest absolute Gasteiger partial charge is 0.395 e.